The van der Waals surface area contributed by atoms with E-state index in [9.17, 15) is 9.18 Å². The molecule has 0 spiro atoms. The summed E-state index contributed by atoms with van der Waals surface area (Å²) < 4.78 is 18.1. The van der Waals surface area contributed by atoms with Crippen molar-refractivity contribution in [3.8, 4) is 0 Å². The van der Waals surface area contributed by atoms with Gasteiger partial charge in [0.05, 0.1) is 11.6 Å². The van der Waals surface area contributed by atoms with Crippen LogP contribution in [0.1, 0.15) is 25.3 Å². The fraction of sp³-hybridized carbons (Fsp3) is 0.462. The molecule has 0 atom stereocenters. The number of carbonyl (C=O) groups excluding carboxylic acids is 1. The maximum Gasteiger partial charge on any atom is 0.141 e. The maximum atomic E-state index is 12.9. The monoisotopic (exact) mass is 258 g/mol. The molecule has 0 saturated carbocycles. The number of Topliss-reactive ketones (excluding diaryl/α,β-unsaturated/α-hetero) is 1. The fourth-order valence-electron chi connectivity index (χ4n) is 1.40. The van der Waals surface area contributed by atoms with Gasteiger partial charge in [0.15, 0.2) is 0 Å². The number of ketones is 1. The van der Waals surface area contributed by atoms with Gasteiger partial charge in [0.2, 0.25) is 0 Å². The maximum absolute atomic E-state index is 12.9. The third kappa shape index (κ3) is 5.29. The minimum Gasteiger partial charge on any atom is -0.381 e. The molecule has 1 aromatic carbocycles. The minimum atomic E-state index is -0.464. The Morgan fingerprint density at radius 1 is 1.41 bits per heavy atom. The molecule has 0 radical (unpaired) electrons. The molecule has 0 unspecified atom stereocenters. The van der Waals surface area contributed by atoms with E-state index in [1.54, 1.807) is 6.07 Å². The van der Waals surface area contributed by atoms with E-state index in [-0.39, 0.29) is 17.2 Å². The Hall–Kier alpha value is -0.930. The molecule has 0 N–H and O–H groups in total. The van der Waals surface area contributed by atoms with Gasteiger partial charge in [0.25, 0.3) is 0 Å². The van der Waals surface area contributed by atoms with Crippen molar-refractivity contribution in [1.82, 2.24) is 0 Å². The van der Waals surface area contributed by atoms with E-state index in [1.165, 1.54) is 12.1 Å². The van der Waals surface area contributed by atoms with E-state index in [1.807, 2.05) is 6.92 Å². The Balaban J connectivity index is 2.37. The average molecular weight is 259 g/mol. The van der Waals surface area contributed by atoms with E-state index in [4.69, 9.17) is 16.3 Å². The molecule has 0 aliphatic carbocycles. The summed E-state index contributed by atoms with van der Waals surface area (Å²) in [6.07, 6.45) is 1.60. The normalized spacial score (nSPS) is 10.5. The Labute approximate surface area is 106 Å². The predicted octanol–water partition coefficient (Wildman–Crippen LogP) is 3.41. The SMILES string of the molecule is CCCOCCC(=O)Cc1ccc(F)c(Cl)c1. The third-order valence-corrected chi connectivity index (χ3v) is 2.55. The van der Waals surface area contributed by atoms with Crippen LogP contribution >= 0.6 is 11.6 Å². The zero-order valence-corrected chi connectivity index (χ0v) is 10.6. The molecule has 1 rings (SSSR count). The molecule has 0 bridgehead atoms. The molecule has 1 aromatic rings. The Bertz CT molecular complexity index is 380. The third-order valence-electron chi connectivity index (χ3n) is 2.26. The number of carbonyl (C=O) groups is 1. The quantitative estimate of drug-likeness (QED) is 0.701. The summed E-state index contributed by atoms with van der Waals surface area (Å²) in [5.74, 6) is -0.391. The van der Waals surface area contributed by atoms with E-state index >= 15 is 0 Å². The highest BCUT2D eigenvalue weighted by Gasteiger charge is 2.06. The van der Waals surface area contributed by atoms with Gasteiger partial charge in [0, 0.05) is 19.4 Å². The first-order chi connectivity index (χ1) is 8.13. The lowest BCUT2D eigenvalue weighted by molar-refractivity contribution is -0.119. The molecule has 4 heteroatoms. The van der Waals surface area contributed by atoms with Crippen LogP contribution in [0.4, 0.5) is 4.39 Å². The van der Waals surface area contributed by atoms with Gasteiger partial charge in [-0.2, -0.15) is 0 Å². The van der Waals surface area contributed by atoms with Crippen LogP contribution in [0.5, 0.6) is 0 Å². The van der Waals surface area contributed by atoms with Crippen LogP contribution in [0, 0.1) is 5.82 Å². The van der Waals surface area contributed by atoms with Crippen molar-refractivity contribution >= 4 is 17.4 Å². The lowest BCUT2D eigenvalue weighted by Crippen LogP contribution is -2.07. The molecule has 94 valence electrons. The first-order valence-corrected chi connectivity index (χ1v) is 6.04. The van der Waals surface area contributed by atoms with Crippen molar-refractivity contribution in [1.29, 1.82) is 0 Å². The molecule has 17 heavy (non-hydrogen) atoms. The second-order valence-corrected chi connectivity index (χ2v) is 4.23. The lowest BCUT2D eigenvalue weighted by atomic mass is 10.1. The van der Waals surface area contributed by atoms with Crippen LogP contribution in [-0.2, 0) is 16.0 Å². The van der Waals surface area contributed by atoms with E-state index in [0.29, 0.717) is 19.6 Å². The number of hydrogen-bond donors (Lipinski definition) is 0. The molecule has 0 fully saturated rings. The van der Waals surface area contributed by atoms with Gasteiger partial charge in [0.1, 0.15) is 11.6 Å². The standard InChI is InChI=1S/C13H16ClFO2/c1-2-6-17-7-5-11(16)8-10-3-4-13(15)12(14)9-10/h3-4,9H,2,5-8H2,1H3. The zero-order valence-electron chi connectivity index (χ0n) is 9.84. The van der Waals surface area contributed by atoms with Crippen molar-refractivity contribution in [2.24, 2.45) is 0 Å². The fourth-order valence-corrected chi connectivity index (χ4v) is 1.60. The summed E-state index contributed by atoms with van der Waals surface area (Å²) in [6, 6.07) is 4.34. The highest BCUT2D eigenvalue weighted by Crippen LogP contribution is 2.16. The van der Waals surface area contributed by atoms with Crippen LogP contribution in [0.25, 0.3) is 0 Å². The Morgan fingerprint density at radius 2 is 2.18 bits per heavy atom. The lowest BCUT2D eigenvalue weighted by Gasteiger charge is -2.03. The van der Waals surface area contributed by atoms with Crippen LogP contribution in [0.2, 0.25) is 5.02 Å². The summed E-state index contributed by atoms with van der Waals surface area (Å²) in [6.45, 7) is 3.14. The number of halogens is 2. The van der Waals surface area contributed by atoms with Gasteiger partial charge in [-0.3, -0.25) is 4.79 Å². The summed E-state index contributed by atoms with van der Waals surface area (Å²) in [4.78, 5) is 11.6. The molecular formula is C13H16ClFO2. The van der Waals surface area contributed by atoms with E-state index in [0.717, 1.165) is 12.0 Å². The number of rotatable bonds is 7. The molecular weight excluding hydrogens is 243 g/mol. The highest BCUT2D eigenvalue weighted by molar-refractivity contribution is 6.30. The van der Waals surface area contributed by atoms with Gasteiger partial charge in [-0.15, -0.1) is 0 Å². The number of benzene rings is 1. The van der Waals surface area contributed by atoms with Gasteiger partial charge in [-0.25, -0.2) is 4.39 Å². The minimum absolute atomic E-state index is 0.0533. The van der Waals surface area contributed by atoms with Crippen molar-refractivity contribution < 1.29 is 13.9 Å². The summed E-state index contributed by atoms with van der Waals surface area (Å²) >= 11 is 5.63. The molecule has 0 aromatic heterocycles. The molecule has 0 aliphatic heterocycles. The highest BCUT2D eigenvalue weighted by atomic mass is 35.5. The summed E-state index contributed by atoms with van der Waals surface area (Å²) in [5, 5.41) is 0.0533. The van der Waals surface area contributed by atoms with Crippen molar-refractivity contribution in [2.45, 2.75) is 26.2 Å². The Morgan fingerprint density at radius 3 is 2.82 bits per heavy atom. The Kier molecular flexibility index (Phi) is 6.16. The average Bonchev–Trinajstić information content (AvgIpc) is 2.30. The van der Waals surface area contributed by atoms with Crippen molar-refractivity contribution in [2.75, 3.05) is 13.2 Å². The van der Waals surface area contributed by atoms with Crippen molar-refractivity contribution in [3.05, 3.63) is 34.6 Å². The molecule has 0 saturated heterocycles. The van der Waals surface area contributed by atoms with Gasteiger partial charge in [-0.05, 0) is 24.1 Å². The molecule has 0 aliphatic rings. The molecule has 0 heterocycles. The van der Waals surface area contributed by atoms with Crippen molar-refractivity contribution in [3.63, 3.8) is 0 Å². The van der Waals surface area contributed by atoms with E-state index in [2.05, 4.69) is 0 Å². The zero-order chi connectivity index (χ0) is 12.7. The van der Waals surface area contributed by atoms with Gasteiger partial charge < -0.3 is 4.74 Å². The van der Waals surface area contributed by atoms with Crippen LogP contribution < -0.4 is 0 Å². The van der Waals surface area contributed by atoms with Crippen LogP contribution in [0.3, 0.4) is 0 Å². The smallest absolute Gasteiger partial charge is 0.141 e. The summed E-state index contributed by atoms with van der Waals surface area (Å²) in [5.41, 5.74) is 0.733. The second kappa shape index (κ2) is 7.41. The topological polar surface area (TPSA) is 26.3 Å². The number of ether oxygens (including phenoxy) is 1. The first-order valence-electron chi connectivity index (χ1n) is 5.67. The second-order valence-electron chi connectivity index (χ2n) is 3.83. The van der Waals surface area contributed by atoms with Gasteiger partial charge >= 0.3 is 0 Å². The first kappa shape index (κ1) is 14.1. The largest absolute Gasteiger partial charge is 0.381 e. The van der Waals surface area contributed by atoms with Gasteiger partial charge in [-0.1, -0.05) is 24.6 Å². The number of hydrogen-bond acceptors (Lipinski definition) is 2. The van der Waals surface area contributed by atoms with E-state index < -0.39 is 5.82 Å². The van der Waals surface area contributed by atoms with Crippen LogP contribution in [0.15, 0.2) is 18.2 Å². The molecule has 2 nitrogen and oxygen atoms in total. The molecule has 0 amide bonds. The summed E-state index contributed by atoms with van der Waals surface area (Å²) in [7, 11) is 0. The van der Waals surface area contributed by atoms with Crippen LogP contribution in [-0.4, -0.2) is 19.0 Å². The predicted molar refractivity (Wildman–Crippen MR) is 65.8 cm³/mol.